The number of allylic oxidation sites excluding steroid dienone is 4. The van der Waals surface area contributed by atoms with E-state index >= 15 is 0 Å². The van der Waals surface area contributed by atoms with Gasteiger partial charge in [-0.15, -0.1) is 0 Å². The van der Waals surface area contributed by atoms with Crippen LogP contribution >= 0.6 is 0 Å². The maximum Gasteiger partial charge on any atom is 0.0140 e. The molecule has 0 nitrogen and oxygen atoms in total. The zero-order valence-corrected chi connectivity index (χ0v) is 11.2. The van der Waals surface area contributed by atoms with Crippen molar-refractivity contribution in [2.45, 2.75) is 38.5 Å². The van der Waals surface area contributed by atoms with E-state index in [-0.39, 0.29) is 0 Å². The predicted molar refractivity (Wildman–Crippen MR) is 75.6 cm³/mol. The lowest BCUT2D eigenvalue weighted by atomic mass is 9.47. The van der Waals surface area contributed by atoms with E-state index in [2.05, 4.69) is 56.3 Å². The fraction of sp³-hybridized carbons (Fsp3) is 0.444. The van der Waals surface area contributed by atoms with E-state index < -0.39 is 0 Å². The van der Waals surface area contributed by atoms with Crippen LogP contribution in [-0.2, 0) is 11.8 Å². The maximum absolute atomic E-state index is 2.49. The Balaban J connectivity index is 1.91. The van der Waals surface area contributed by atoms with Crippen LogP contribution in [0.3, 0.4) is 0 Å². The van der Waals surface area contributed by atoms with E-state index in [0.717, 1.165) is 5.92 Å². The van der Waals surface area contributed by atoms with E-state index in [4.69, 9.17) is 0 Å². The first-order valence-electron chi connectivity index (χ1n) is 7.13. The molecule has 1 aromatic carbocycles. The highest BCUT2D eigenvalue weighted by molar-refractivity contribution is 5.50. The predicted octanol–water partition coefficient (Wildman–Crippen LogP) is 4.41. The molecule has 0 spiro atoms. The van der Waals surface area contributed by atoms with Crippen LogP contribution in [0.2, 0.25) is 0 Å². The van der Waals surface area contributed by atoms with E-state index in [1.165, 1.54) is 19.3 Å². The highest BCUT2D eigenvalue weighted by Gasteiger charge is 2.53. The maximum atomic E-state index is 2.49. The SMILES string of the molecule is C[C@]12C=CC1=CC[C@]1(C)c3ccccc3CC[C@@H]21. The normalized spacial score (nSPS) is 40.1. The Morgan fingerprint density at radius 2 is 2.00 bits per heavy atom. The van der Waals surface area contributed by atoms with Crippen molar-refractivity contribution < 1.29 is 0 Å². The summed E-state index contributed by atoms with van der Waals surface area (Å²) in [4.78, 5) is 0. The van der Waals surface area contributed by atoms with Crippen LogP contribution in [0, 0.1) is 11.3 Å². The highest BCUT2D eigenvalue weighted by atomic mass is 14.6. The van der Waals surface area contributed by atoms with E-state index in [0.29, 0.717) is 10.8 Å². The van der Waals surface area contributed by atoms with Crippen molar-refractivity contribution in [3.8, 4) is 0 Å². The molecular weight excluding hydrogens is 216 g/mol. The molecule has 3 atom stereocenters. The van der Waals surface area contributed by atoms with Gasteiger partial charge < -0.3 is 0 Å². The molecule has 0 bridgehead atoms. The minimum atomic E-state index is 0.345. The second kappa shape index (κ2) is 3.17. The van der Waals surface area contributed by atoms with Crippen molar-refractivity contribution in [1.82, 2.24) is 0 Å². The molecule has 0 amide bonds. The molecule has 0 saturated heterocycles. The van der Waals surface area contributed by atoms with Crippen molar-refractivity contribution in [3.63, 3.8) is 0 Å². The molecule has 0 aliphatic heterocycles. The number of aryl methyl sites for hydroxylation is 1. The van der Waals surface area contributed by atoms with Gasteiger partial charge in [0.2, 0.25) is 0 Å². The van der Waals surface area contributed by atoms with Crippen molar-refractivity contribution in [2.75, 3.05) is 0 Å². The molecule has 0 radical (unpaired) electrons. The largest absolute Gasteiger partial charge is 0.0796 e. The topological polar surface area (TPSA) is 0 Å². The highest BCUT2D eigenvalue weighted by Crippen LogP contribution is 2.60. The summed E-state index contributed by atoms with van der Waals surface area (Å²) in [7, 11) is 0. The molecule has 0 N–H and O–H groups in total. The van der Waals surface area contributed by atoms with Gasteiger partial charge in [0, 0.05) is 10.8 Å². The van der Waals surface area contributed by atoms with Gasteiger partial charge in [0.1, 0.15) is 0 Å². The lowest BCUT2D eigenvalue weighted by Crippen LogP contribution is -2.50. The molecule has 0 fully saturated rings. The lowest BCUT2D eigenvalue weighted by Gasteiger charge is -2.56. The zero-order chi connectivity index (χ0) is 12.4. The van der Waals surface area contributed by atoms with Crippen molar-refractivity contribution in [1.29, 1.82) is 0 Å². The number of hydrogen-bond donors (Lipinski definition) is 0. The number of rotatable bonds is 0. The summed E-state index contributed by atoms with van der Waals surface area (Å²) in [5, 5.41) is 0. The monoisotopic (exact) mass is 236 g/mol. The van der Waals surface area contributed by atoms with Crippen LogP contribution in [0.1, 0.15) is 37.8 Å². The Morgan fingerprint density at radius 3 is 2.78 bits per heavy atom. The summed E-state index contributed by atoms with van der Waals surface area (Å²) in [5.41, 5.74) is 5.47. The average Bonchev–Trinajstić information content (AvgIpc) is 2.36. The zero-order valence-electron chi connectivity index (χ0n) is 11.2. The molecule has 1 aromatic rings. The fourth-order valence-corrected chi connectivity index (χ4v) is 4.69. The van der Waals surface area contributed by atoms with Gasteiger partial charge in [-0.25, -0.2) is 0 Å². The minimum absolute atomic E-state index is 0.345. The summed E-state index contributed by atoms with van der Waals surface area (Å²) in [6, 6.07) is 9.10. The van der Waals surface area contributed by atoms with Gasteiger partial charge in [0.15, 0.2) is 0 Å². The van der Waals surface area contributed by atoms with Gasteiger partial charge >= 0.3 is 0 Å². The third kappa shape index (κ3) is 1.07. The fourth-order valence-electron chi connectivity index (χ4n) is 4.69. The molecule has 0 aromatic heterocycles. The number of hydrogen-bond acceptors (Lipinski definition) is 0. The molecule has 3 aliphatic carbocycles. The summed E-state index contributed by atoms with van der Waals surface area (Å²) in [6.07, 6.45) is 11.1. The second-order valence-corrected chi connectivity index (χ2v) is 6.65. The Morgan fingerprint density at radius 1 is 1.17 bits per heavy atom. The summed E-state index contributed by atoms with van der Waals surface area (Å²) >= 11 is 0. The van der Waals surface area contributed by atoms with E-state index in [1.54, 1.807) is 16.7 Å². The van der Waals surface area contributed by atoms with Crippen LogP contribution < -0.4 is 0 Å². The van der Waals surface area contributed by atoms with Crippen LogP contribution in [0.25, 0.3) is 0 Å². The van der Waals surface area contributed by atoms with E-state index in [9.17, 15) is 0 Å². The Hall–Kier alpha value is -1.30. The van der Waals surface area contributed by atoms with Crippen molar-refractivity contribution >= 4 is 0 Å². The molecule has 92 valence electrons. The van der Waals surface area contributed by atoms with Gasteiger partial charge in [0.05, 0.1) is 0 Å². The molecule has 0 saturated carbocycles. The first kappa shape index (κ1) is 10.6. The van der Waals surface area contributed by atoms with Crippen LogP contribution in [0.15, 0.2) is 48.1 Å². The van der Waals surface area contributed by atoms with Crippen LogP contribution in [-0.4, -0.2) is 0 Å². The first-order valence-corrected chi connectivity index (χ1v) is 7.13. The molecule has 0 heteroatoms. The van der Waals surface area contributed by atoms with Crippen LogP contribution in [0.5, 0.6) is 0 Å². The van der Waals surface area contributed by atoms with Gasteiger partial charge in [-0.1, -0.05) is 56.3 Å². The van der Waals surface area contributed by atoms with Gasteiger partial charge in [0.25, 0.3) is 0 Å². The molecule has 0 heterocycles. The lowest BCUT2D eigenvalue weighted by molar-refractivity contribution is 0.130. The number of benzene rings is 1. The van der Waals surface area contributed by atoms with Gasteiger partial charge in [-0.05, 0) is 41.9 Å². The Labute approximate surface area is 109 Å². The first-order chi connectivity index (χ1) is 8.64. The summed E-state index contributed by atoms with van der Waals surface area (Å²) in [6.45, 7) is 4.93. The second-order valence-electron chi connectivity index (χ2n) is 6.65. The molecule has 18 heavy (non-hydrogen) atoms. The van der Waals surface area contributed by atoms with Crippen LogP contribution in [0.4, 0.5) is 0 Å². The van der Waals surface area contributed by atoms with Crippen molar-refractivity contribution in [3.05, 3.63) is 59.2 Å². The quantitative estimate of drug-likeness (QED) is 0.626. The average molecular weight is 236 g/mol. The van der Waals surface area contributed by atoms with E-state index in [1.807, 2.05) is 0 Å². The standard InChI is InChI=1S/C18H20/c1-17-11-9-14(17)10-12-18(2)15-6-4-3-5-13(15)7-8-16(17)18/h3-6,9-11,16H,7-8,12H2,1-2H3/t16-,17-,18+/m0/s1. The Kier molecular flexibility index (Phi) is 1.87. The third-order valence-corrected chi connectivity index (χ3v) is 5.81. The molecule has 3 aliphatic rings. The minimum Gasteiger partial charge on any atom is -0.0796 e. The molecule has 4 rings (SSSR count). The Bertz CT molecular complexity index is 577. The smallest absolute Gasteiger partial charge is 0.0140 e. The third-order valence-electron chi connectivity index (χ3n) is 5.81. The molecule has 0 unspecified atom stereocenters. The van der Waals surface area contributed by atoms with Gasteiger partial charge in [-0.3, -0.25) is 0 Å². The molecular formula is C18H20. The summed E-state index contributed by atoms with van der Waals surface area (Å²) in [5.74, 6) is 0.782. The summed E-state index contributed by atoms with van der Waals surface area (Å²) < 4.78 is 0. The van der Waals surface area contributed by atoms with Crippen molar-refractivity contribution in [2.24, 2.45) is 11.3 Å². The van der Waals surface area contributed by atoms with Gasteiger partial charge in [-0.2, -0.15) is 0 Å². The number of fused-ring (bicyclic) bond motifs is 5.